The number of rotatable bonds is 5. The van der Waals surface area contributed by atoms with Gasteiger partial charge in [0.2, 0.25) is 5.91 Å². The van der Waals surface area contributed by atoms with E-state index in [1.807, 2.05) is 64.1 Å². The maximum atomic E-state index is 13.4. The highest BCUT2D eigenvalue weighted by atomic mass is 35.5. The fourth-order valence-corrected chi connectivity index (χ4v) is 4.17. The van der Waals surface area contributed by atoms with Crippen molar-refractivity contribution in [3.63, 3.8) is 0 Å². The van der Waals surface area contributed by atoms with Gasteiger partial charge in [0.25, 0.3) is 5.56 Å². The lowest BCUT2D eigenvalue weighted by Gasteiger charge is -2.18. The lowest BCUT2D eigenvalue weighted by molar-refractivity contribution is -0.119. The van der Waals surface area contributed by atoms with E-state index < -0.39 is 11.6 Å². The van der Waals surface area contributed by atoms with Crippen LogP contribution in [0.3, 0.4) is 0 Å². The molecule has 32 heavy (non-hydrogen) atoms. The van der Waals surface area contributed by atoms with Gasteiger partial charge in [0.1, 0.15) is 6.04 Å². The monoisotopic (exact) mass is 449 g/mol. The largest absolute Gasteiger partial charge is 0.323 e. The Morgan fingerprint density at radius 3 is 2.47 bits per heavy atom. The van der Waals surface area contributed by atoms with Gasteiger partial charge in [-0.15, -0.1) is 0 Å². The number of fused-ring (bicyclic) bond motifs is 1. The number of para-hydroxylation sites is 1. The van der Waals surface area contributed by atoms with Gasteiger partial charge < -0.3 is 5.32 Å². The second kappa shape index (κ2) is 8.59. The summed E-state index contributed by atoms with van der Waals surface area (Å²) >= 11 is 6.27. The summed E-state index contributed by atoms with van der Waals surface area (Å²) in [5, 5.41) is 13.0. The number of halogens is 1. The van der Waals surface area contributed by atoms with Crippen LogP contribution in [-0.4, -0.2) is 25.5 Å². The van der Waals surface area contributed by atoms with Crippen LogP contribution in [0.1, 0.15) is 36.3 Å². The van der Waals surface area contributed by atoms with Gasteiger partial charge >= 0.3 is 0 Å². The van der Waals surface area contributed by atoms with E-state index in [0.29, 0.717) is 33.7 Å². The SMILES string of the molecule is CC[C@@H](C(=O)Nc1ccc(C)cc1Cl)n1nc(C)c2c(C)n(-c3ccccc3)nc2c1=O. The molecule has 0 spiro atoms. The van der Waals surface area contributed by atoms with E-state index in [2.05, 4.69) is 15.5 Å². The molecule has 0 fully saturated rings. The zero-order valence-electron chi connectivity index (χ0n) is 18.4. The van der Waals surface area contributed by atoms with Gasteiger partial charge in [0.15, 0.2) is 5.52 Å². The summed E-state index contributed by atoms with van der Waals surface area (Å²) in [5.41, 5.74) is 3.69. The van der Waals surface area contributed by atoms with Crippen molar-refractivity contribution in [3.05, 3.63) is 80.9 Å². The van der Waals surface area contributed by atoms with E-state index in [1.54, 1.807) is 16.8 Å². The Hall–Kier alpha value is -3.45. The Balaban J connectivity index is 1.78. The van der Waals surface area contributed by atoms with Gasteiger partial charge in [-0.2, -0.15) is 10.2 Å². The van der Waals surface area contributed by atoms with E-state index in [9.17, 15) is 9.59 Å². The Bertz CT molecular complexity index is 1370. The topological polar surface area (TPSA) is 81.8 Å². The summed E-state index contributed by atoms with van der Waals surface area (Å²) in [7, 11) is 0. The second-order valence-electron chi connectivity index (χ2n) is 7.79. The molecule has 0 saturated carbocycles. The van der Waals surface area contributed by atoms with Crippen LogP contribution in [-0.2, 0) is 4.79 Å². The highest BCUT2D eigenvalue weighted by molar-refractivity contribution is 6.33. The maximum Gasteiger partial charge on any atom is 0.295 e. The number of benzene rings is 2. The lowest BCUT2D eigenvalue weighted by Crippen LogP contribution is -2.35. The quantitative estimate of drug-likeness (QED) is 0.476. The van der Waals surface area contributed by atoms with Crippen LogP contribution in [0.5, 0.6) is 0 Å². The molecule has 1 N–H and O–H groups in total. The number of carbonyl (C=O) groups is 1. The number of amides is 1. The number of aromatic nitrogens is 4. The number of hydrogen-bond acceptors (Lipinski definition) is 4. The molecule has 8 heteroatoms. The first-order chi connectivity index (χ1) is 15.3. The number of aryl methyl sites for hydroxylation is 3. The molecule has 0 aliphatic heterocycles. The first kappa shape index (κ1) is 21.8. The molecule has 1 atom stereocenters. The number of hydrogen-bond donors (Lipinski definition) is 1. The van der Waals surface area contributed by atoms with Crippen molar-refractivity contribution in [1.29, 1.82) is 0 Å². The summed E-state index contributed by atoms with van der Waals surface area (Å²) in [6.45, 7) is 7.49. The standard InChI is InChI=1S/C24H24ClN5O2/c1-5-20(23(31)26-19-12-11-14(2)13-18(19)25)30-24(32)22-21(15(3)27-30)16(4)29(28-22)17-9-7-6-8-10-17/h6-13,20H,5H2,1-4H3,(H,26,31)/t20-/m0/s1. The predicted octanol–water partition coefficient (Wildman–Crippen LogP) is 4.75. The highest BCUT2D eigenvalue weighted by Gasteiger charge is 2.25. The molecule has 0 bridgehead atoms. The van der Waals surface area contributed by atoms with Gasteiger partial charge in [-0.3, -0.25) is 9.59 Å². The molecular formula is C24H24ClN5O2. The van der Waals surface area contributed by atoms with Gasteiger partial charge in [0.05, 0.1) is 33.2 Å². The molecule has 4 rings (SSSR count). The van der Waals surface area contributed by atoms with Gasteiger partial charge in [-0.25, -0.2) is 9.36 Å². The molecule has 0 radical (unpaired) electrons. The highest BCUT2D eigenvalue weighted by Crippen LogP contribution is 2.25. The molecule has 4 aromatic rings. The van der Waals surface area contributed by atoms with Crippen LogP contribution in [0, 0.1) is 20.8 Å². The summed E-state index contributed by atoms with van der Waals surface area (Å²) < 4.78 is 2.97. The van der Waals surface area contributed by atoms with Crippen LogP contribution < -0.4 is 10.9 Å². The van der Waals surface area contributed by atoms with Crippen molar-refractivity contribution in [1.82, 2.24) is 19.6 Å². The molecule has 2 aromatic carbocycles. The Morgan fingerprint density at radius 2 is 1.81 bits per heavy atom. The molecule has 0 aliphatic carbocycles. The van der Waals surface area contributed by atoms with Crippen molar-refractivity contribution in [3.8, 4) is 5.69 Å². The molecule has 0 aliphatic rings. The van der Waals surface area contributed by atoms with Crippen molar-refractivity contribution < 1.29 is 4.79 Å². The van der Waals surface area contributed by atoms with Crippen molar-refractivity contribution in [2.45, 2.75) is 40.2 Å². The summed E-state index contributed by atoms with van der Waals surface area (Å²) in [6, 6.07) is 14.2. The first-order valence-corrected chi connectivity index (χ1v) is 10.8. The Morgan fingerprint density at radius 1 is 1.09 bits per heavy atom. The molecule has 164 valence electrons. The molecule has 0 saturated heterocycles. The van der Waals surface area contributed by atoms with Gasteiger partial charge in [-0.05, 0) is 57.0 Å². The minimum Gasteiger partial charge on any atom is -0.323 e. The zero-order valence-corrected chi connectivity index (χ0v) is 19.1. The van der Waals surface area contributed by atoms with E-state index in [-0.39, 0.29) is 5.91 Å². The number of carbonyl (C=O) groups excluding carboxylic acids is 1. The molecule has 1 amide bonds. The molecule has 7 nitrogen and oxygen atoms in total. The summed E-state index contributed by atoms with van der Waals surface area (Å²) in [4.78, 5) is 26.4. The third kappa shape index (κ3) is 3.80. The third-order valence-electron chi connectivity index (χ3n) is 5.51. The maximum absolute atomic E-state index is 13.4. The van der Waals surface area contributed by atoms with E-state index in [0.717, 1.165) is 16.9 Å². The average Bonchev–Trinajstić information content (AvgIpc) is 3.13. The fraction of sp³-hybridized carbons (Fsp3) is 0.250. The van der Waals surface area contributed by atoms with E-state index in [1.165, 1.54) is 4.68 Å². The van der Waals surface area contributed by atoms with Crippen LogP contribution in [0.15, 0.2) is 53.3 Å². The smallest absolute Gasteiger partial charge is 0.295 e. The summed E-state index contributed by atoms with van der Waals surface area (Å²) in [5.74, 6) is -0.356. The first-order valence-electron chi connectivity index (χ1n) is 10.4. The van der Waals surface area contributed by atoms with Crippen molar-refractivity contribution in [2.24, 2.45) is 0 Å². The van der Waals surface area contributed by atoms with Crippen LogP contribution in [0.2, 0.25) is 5.02 Å². The van der Waals surface area contributed by atoms with Crippen molar-refractivity contribution in [2.75, 3.05) is 5.32 Å². The minimum absolute atomic E-state index is 0.290. The Labute approximate surface area is 190 Å². The minimum atomic E-state index is -0.801. The second-order valence-corrected chi connectivity index (χ2v) is 8.20. The number of nitrogens with one attached hydrogen (secondary N) is 1. The molecular weight excluding hydrogens is 426 g/mol. The van der Waals surface area contributed by atoms with Crippen LogP contribution in [0.25, 0.3) is 16.6 Å². The zero-order chi connectivity index (χ0) is 23.0. The normalized spacial score (nSPS) is 12.2. The Kier molecular flexibility index (Phi) is 5.84. The number of anilines is 1. The fourth-order valence-electron chi connectivity index (χ4n) is 3.89. The van der Waals surface area contributed by atoms with E-state index in [4.69, 9.17) is 11.6 Å². The van der Waals surface area contributed by atoms with Crippen LogP contribution >= 0.6 is 11.6 Å². The van der Waals surface area contributed by atoms with Gasteiger partial charge in [0, 0.05) is 0 Å². The van der Waals surface area contributed by atoms with Crippen LogP contribution in [0.4, 0.5) is 5.69 Å². The molecule has 0 unspecified atom stereocenters. The average molecular weight is 450 g/mol. The third-order valence-corrected chi connectivity index (χ3v) is 5.83. The summed E-state index contributed by atoms with van der Waals surface area (Å²) in [6.07, 6.45) is 0.380. The predicted molar refractivity (Wildman–Crippen MR) is 127 cm³/mol. The molecule has 2 heterocycles. The molecule has 2 aromatic heterocycles. The van der Waals surface area contributed by atoms with E-state index >= 15 is 0 Å². The van der Waals surface area contributed by atoms with Crippen molar-refractivity contribution >= 4 is 34.1 Å². The van der Waals surface area contributed by atoms with Gasteiger partial charge in [-0.1, -0.05) is 42.8 Å². The number of nitrogens with zero attached hydrogens (tertiary/aromatic N) is 4. The lowest BCUT2D eigenvalue weighted by atomic mass is 10.1.